The fraction of sp³-hybridized carbons (Fsp3) is 0.647. The number of unbranched alkanes of at least 4 members (excludes halogenated alkanes) is 1. The second kappa shape index (κ2) is 13.4. The van der Waals surface area contributed by atoms with E-state index in [-0.39, 0.29) is 18.0 Å². The number of carbonyl (C=O) groups is 2. The number of hydrogen-bond donors (Lipinski definition) is 0. The lowest BCUT2D eigenvalue weighted by molar-refractivity contribution is -0.142. The molecule has 0 aliphatic rings. The summed E-state index contributed by atoms with van der Waals surface area (Å²) in [6.07, 6.45) is 3.27. The van der Waals surface area contributed by atoms with Crippen molar-refractivity contribution in [2.24, 2.45) is 0 Å². The molecule has 0 unspecified atom stereocenters. The summed E-state index contributed by atoms with van der Waals surface area (Å²) in [6, 6.07) is 0. The maximum atomic E-state index is 10.9. The smallest absolute Gasteiger partial charge is 0.333 e. The second-order valence-corrected chi connectivity index (χ2v) is 4.86. The number of rotatable bonds is 8. The van der Waals surface area contributed by atoms with Crippen LogP contribution in [0, 0.1) is 0 Å². The van der Waals surface area contributed by atoms with E-state index in [2.05, 4.69) is 20.1 Å². The number of esters is 2. The Balaban J connectivity index is 0. The van der Waals surface area contributed by atoms with Crippen molar-refractivity contribution in [1.82, 2.24) is 0 Å². The standard InChI is InChI=1S/C9H16O2.C8H14O2/c1-4-6-7-11-9(10)8(3)5-2;1-5-7(4)8(9)10-6(2)3/h3-7H2,1-2H3;6H,4-5H2,1-3H3. The van der Waals surface area contributed by atoms with Crippen LogP contribution in [-0.4, -0.2) is 24.6 Å². The molecule has 0 aromatic carbocycles. The van der Waals surface area contributed by atoms with Gasteiger partial charge in [-0.25, -0.2) is 9.59 Å². The minimum atomic E-state index is -0.280. The van der Waals surface area contributed by atoms with Gasteiger partial charge in [-0.05, 0) is 33.1 Å². The highest BCUT2D eigenvalue weighted by Gasteiger charge is 2.07. The highest BCUT2D eigenvalue weighted by molar-refractivity contribution is 5.87. The Morgan fingerprint density at radius 1 is 0.952 bits per heavy atom. The van der Waals surface area contributed by atoms with Gasteiger partial charge in [0.05, 0.1) is 12.7 Å². The van der Waals surface area contributed by atoms with Crippen LogP contribution < -0.4 is 0 Å². The van der Waals surface area contributed by atoms with Crippen molar-refractivity contribution < 1.29 is 19.1 Å². The van der Waals surface area contributed by atoms with Crippen LogP contribution in [-0.2, 0) is 19.1 Å². The molecule has 21 heavy (non-hydrogen) atoms. The third kappa shape index (κ3) is 13.2. The summed E-state index contributed by atoms with van der Waals surface area (Å²) >= 11 is 0. The van der Waals surface area contributed by atoms with Crippen LogP contribution in [0.4, 0.5) is 0 Å². The quantitative estimate of drug-likeness (QED) is 0.383. The van der Waals surface area contributed by atoms with Gasteiger partial charge in [0.15, 0.2) is 0 Å². The molecule has 4 heteroatoms. The third-order valence-electron chi connectivity index (χ3n) is 2.50. The van der Waals surface area contributed by atoms with Crippen LogP contribution in [0.25, 0.3) is 0 Å². The van der Waals surface area contributed by atoms with Gasteiger partial charge in [0.2, 0.25) is 0 Å². The largest absolute Gasteiger partial charge is 0.462 e. The van der Waals surface area contributed by atoms with E-state index in [0.717, 1.165) is 12.8 Å². The molecule has 0 heterocycles. The lowest BCUT2D eigenvalue weighted by atomic mass is 10.2. The van der Waals surface area contributed by atoms with E-state index in [1.165, 1.54) is 0 Å². The van der Waals surface area contributed by atoms with E-state index in [1.54, 1.807) is 0 Å². The molecular weight excluding hydrogens is 268 g/mol. The summed E-state index contributed by atoms with van der Waals surface area (Å²) in [6.45, 7) is 17.1. The number of carbonyl (C=O) groups excluding carboxylic acids is 2. The van der Waals surface area contributed by atoms with E-state index in [4.69, 9.17) is 9.47 Å². The Morgan fingerprint density at radius 3 is 1.81 bits per heavy atom. The van der Waals surface area contributed by atoms with Crippen LogP contribution in [0.1, 0.15) is 60.3 Å². The lowest BCUT2D eigenvalue weighted by Gasteiger charge is -2.07. The van der Waals surface area contributed by atoms with Gasteiger partial charge in [-0.15, -0.1) is 0 Å². The molecule has 4 nitrogen and oxygen atoms in total. The topological polar surface area (TPSA) is 52.6 Å². The highest BCUT2D eigenvalue weighted by atomic mass is 16.5. The second-order valence-electron chi connectivity index (χ2n) is 4.86. The molecule has 0 atom stereocenters. The molecule has 0 aromatic heterocycles. The zero-order valence-corrected chi connectivity index (χ0v) is 14.2. The van der Waals surface area contributed by atoms with Gasteiger partial charge >= 0.3 is 11.9 Å². The molecule has 0 rings (SSSR count). The summed E-state index contributed by atoms with van der Waals surface area (Å²) in [7, 11) is 0. The monoisotopic (exact) mass is 298 g/mol. The molecule has 0 aromatic rings. The molecule has 0 aliphatic carbocycles. The molecule has 0 amide bonds. The van der Waals surface area contributed by atoms with Crippen LogP contribution in [0.3, 0.4) is 0 Å². The zero-order chi connectivity index (χ0) is 16.8. The Bertz CT molecular complexity index is 343. The number of hydrogen-bond acceptors (Lipinski definition) is 4. The fourth-order valence-corrected chi connectivity index (χ4v) is 0.997. The van der Waals surface area contributed by atoms with Crippen molar-refractivity contribution in [3.05, 3.63) is 24.3 Å². The van der Waals surface area contributed by atoms with Crippen molar-refractivity contribution in [3.8, 4) is 0 Å². The minimum absolute atomic E-state index is 0.0456. The average molecular weight is 298 g/mol. The summed E-state index contributed by atoms with van der Waals surface area (Å²) in [5.41, 5.74) is 1.09. The van der Waals surface area contributed by atoms with Gasteiger partial charge in [0.1, 0.15) is 0 Å². The Labute approximate surface area is 129 Å². The van der Waals surface area contributed by atoms with Crippen molar-refractivity contribution >= 4 is 11.9 Å². The first-order valence-corrected chi connectivity index (χ1v) is 7.53. The molecule has 0 N–H and O–H groups in total. The van der Waals surface area contributed by atoms with Crippen LogP contribution in [0.2, 0.25) is 0 Å². The van der Waals surface area contributed by atoms with Gasteiger partial charge in [-0.1, -0.05) is 40.3 Å². The highest BCUT2D eigenvalue weighted by Crippen LogP contribution is 2.02. The summed E-state index contributed by atoms with van der Waals surface area (Å²) in [4.78, 5) is 21.8. The maximum absolute atomic E-state index is 10.9. The predicted octanol–water partition coefficient (Wildman–Crippen LogP) is 4.20. The summed E-state index contributed by atoms with van der Waals surface area (Å²) < 4.78 is 9.76. The molecule has 0 radical (unpaired) electrons. The van der Waals surface area contributed by atoms with E-state index in [1.807, 2.05) is 27.7 Å². The van der Waals surface area contributed by atoms with Crippen LogP contribution in [0.15, 0.2) is 24.3 Å². The van der Waals surface area contributed by atoms with Crippen LogP contribution in [0.5, 0.6) is 0 Å². The van der Waals surface area contributed by atoms with Crippen molar-refractivity contribution in [2.45, 2.75) is 66.4 Å². The first kappa shape index (κ1) is 21.7. The molecule has 0 bridgehead atoms. The molecule has 122 valence electrons. The van der Waals surface area contributed by atoms with Gasteiger partial charge in [0.25, 0.3) is 0 Å². The predicted molar refractivity (Wildman–Crippen MR) is 86.0 cm³/mol. The Hall–Kier alpha value is -1.58. The normalized spacial score (nSPS) is 9.43. The lowest BCUT2D eigenvalue weighted by Crippen LogP contribution is -2.12. The van der Waals surface area contributed by atoms with Gasteiger partial charge < -0.3 is 9.47 Å². The van der Waals surface area contributed by atoms with Crippen molar-refractivity contribution in [3.63, 3.8) is 0 Å². The van der Waals surface area contributed by atoms with E-state index < -0.39 is 0 Å². The summed E-state index contributed by atoms with van der Waals surface area (Å²) in [5.74, 6) is -0.529. The molecule has 0 saturated carbocycles. The summed E-state index contributed by atoms with van der Waals surface area (Å²) in [5, 5.41) is 0. The Kier molecular flexibility index (Phi) is 13.9. The molecule has 0 aliphatic heterocycles. The van der Waals surface area contributed by atoms with Gasteiger partial charge in [-0.3, -0.25) is 0 Å². The molecule has 0 saturated heterocycles. The molecule has 0 fully saturated rings. The van der Waals surface area contributed by atoms with Gasteiger partial charge in [-0.2, -0.15) is 0 Å². The third-order valence-corrected chi connectivity index (χ3v) is 2.50. The zero-order valence-electron chi connectivity index (χ0n) is 14.2. The van der Waals surface area contributed by atoms with Crippen molar-refractivity contribution in [1.29, 1.82) is 0 Å². The molecular formula is C17H30O4. The molecule has 0 spiro atoms. The van der Waals surface area contributed by atoms with E-state index >= 15 is 0 Å². The first-order valence-electron chi connectivity index (χ1n) is 7.53. The number of ether oxygens (including phenoxy) is 2. The van der Waals surface area contributed by atoms with Crippen molar-refractivity contribution in [2.75, 3.05) is 6.61 Å². The fourth-order valence-electron chi connectivity index (χ4n) is 0.997. The minimum Gasteiger partial charge on any atom is -0.462 e. The average Bonchev–Trinajstić information content (AvgIpc) is 2.45. The first-order chi connectivity index (χ1) is 9.79. The van der Waals surface area contributed by atoms with E-state index in [0.29, 0.717) is 30.6 Å². The van der Waals surface area contributed by atoms with Crippen LogP contribution >= 0.6 is 0 Å². The Morgan fingerprint density at radius 2 is 1.43 bits per heavy atom. The SMILES string of the molecule is C=C(CC)C(=O)OC(C)C.C=C(CC)C(=O)OCCCC. The van der Waals surface area contributed by atoms with E-state index in [9.17, 15) is 9.59 Å². The van der Waals surface area contributed by atoms with Gasteiger partial charge in [0, 0.05) is 11.1 Å². The maximum Gasteiger partial charge on any atom is 0.333 e.